The van der Waals surface area contributed by atoms with E-state index in [1.165, 1.54) is 17.3 Å². The molecule has 0 radical (unpaired) electrons. The van der Waals surface area contributed by atoms with Crippen molar-refractivity contribution in [2.24, 2.45) is 0 Å². The summed E-state index contributed by atoms with van der Waals surface area (Å²) in [6.45, 7) is 1.03. The number of likely N-dealkylation sites (N-methyl/N-ethyl adjacent to an activating group) is 1. The van der Waals surface area contributed by atoms with Crippen molar-refractivity contribution in [1.82, 2.24) is 20.1 Å². The van der Waals surface area contributed by atoms with E-state index in [0.29, 0.717) is 19.4 Å². The number of fused-ring (bicyclic) bond motifs is 1. The van der Waals surface area contributed by atoms with E-state index in [1.54, 1.807) is 11.9 Å². The number of alkyl halides is 4. The SMILES string of the molecule is CNC(=O)c1csc2c(C(F)(F)F)cc(OC3CCN(C(=O)OC4CN(C)CC4F)CC3)nc12. The van der Waals surface area contributed by atoms with Gasteiger partial charge in [0.1, 0.15) is 12.2 Å². The van der Waals surface area contributed by atoms with E-state index in [1.807, 2.05) is 0 Å². The van der Waals surface area contributed by atoms with Crippen molar-refractivity contribution < 1.29 is 36.6 Å². The van der Waals surface area contributed by atoms with Gasteiger partial charge in [0.2, 0.25) is 5.88 Å². The number of hydrogen-bond donors (Lipinski definition) is 1. The minimum absolute atomic E-state index is 0.0414. The predicted octanol–water partition coefficient (Wildman–Crippen LogP) is 3.31. The number of aromatic nitrogens is 1. The van der Waals surface area contributed by atoms with Crippen LogP contribution in [0.1, 0.15) is 28.8 Å². The van der Waals surface area contributed by atoms with Crippen LogP contribution in [-0.4, -0.2) is 85.4 Å². The number of rotatable bonds is 4. The monoisotopic (exact) mass is 504 g/mol. The third-order valence-electron chi connectivity index (χ3n) is 5.90. The number of piperidine rings is 1. The average Bonchev–Trinajstić information content (AvgIpc) is 3.34. The third kappa shape index (κ3) is 5.04. The summed E-state index contributed by atoms with van der Waals surface area (Å²) < 4.78 is 65.8. The van der Waals surface area contributed by atoms with Gasteiger partial charge < -0.3 is 19.7 Å². The number of hydrogen-bond acceptors (Lipinski definition) is 7. The second-order valence-electron chi connectivity index (χ2n) is 8.38. The second kappa shape index (κ2) is 9.53. The van der Waals surface area contributed by atoms with E-state index in [0.717, 1.165) is 17.4 Å². The highest BCUT2D eigenvalue weighted by atomic mass is 32.1. The molecule has 1 N–H and O–H groups in total. The maximum Gasteiger partial charge on any atom is 0.418 e. The summed E-state index contributed by atoms with van der Waals surface area (Å²) in [5.41, 5.74) is -0.951. The summed E-state index contributed by atoms with van der Waals surface area (Å²) in [5, 5.41) is 3.73. The zero-order valence-corrected chi connectivity index (χ0v) is 19.3. The van der Waals surface area contributed by atoms with Crippen LogP contribution in [0.2, 0.25) is 0 Å². The third-order valence-corrected chi connectivity index (χ3v) is 6.90. The van der Waals surface area contributed by atoms with E-state index >= 15 is 0 Å². The van der Waals surface area contributed by atoms with Crippen molar-refractivity contribution in [1.29, 1.82) is 0 Å². The van der Waals surface area contributed by atoms with Gasteiger partial charge in [0.25, 0.3) is 5.91 Å². The fourth-order valence-electron chi connectivity index (χ4n) is 4.11. The Balaban J connectivity index is 1.44. The molecule has 2 aliphatic heterocycles. The molecule has 186 valence electrons. The Hall–Kier alpha value is -2.67. The molecule has 2 aliphatic rings. The van der Waals surface area contributed by atoms with Crippen LogP contribution in [0.25, 0.3) is 10.2 Å². The maximum absolute atomic E-state index is 13.9. The Morgan fingerprint density at radius 2 is 1.94 bits per heavy atom. The van der Waals surface area contributed by atoms with E-state index in [2.05, 4.69) is 10.3 Å². The summed E-state index contributed by atoms with van der Waals surface area (Å²) in [6, 6.07) is 0.838. The molecule has 4 rings (SSSR count). The Labute approximate surface area is 196 Å². The molecule has 2 aromatic rings. The highest BCUT2D eigenvalue weighted by molar-refractivity contribution is 7.17. The standard InChI is InChI=1S/C21H24F4N4O4S/c1-26-19(30)12-10-34-18-13(21(23,24)25)7-16(27-17(12)18)32-11-3-5-29(6-4-11)20(31)33-15-9-28(2)8-14(15)22/h7,10-11,14-15H,3-6,8-9H2,1-2H3,(H,26,30). The van der Waals surface area contributed by atoms with Crippen LogP contribution >= 0.6 is 11.3 Å². The number of carbonyl (C=O) groups excluding carboxylic acids is 2. The molecule has 2 saturated heterocycles. The van der Waals surface area contributed by atoms with Gasteiger partial charge in [-0.1, -0.05) is 0 Å². The molecule has 8 nitrogen and oxygen atoms in total. The number of halogens is 4. The van der Waals surface area contributed by atoms with Gasteiger partial charge in [-0.15, -0.1) is 11.3 Å². The highest BCUT2D eigenvalue weighted by Gasteiger charge is 2.37. The number of pyridine rings is 1. The quantitative estimate of drug-likeness (QED) is 0.644. The molecule has 0 bridgehead atoms. The van der Waals surface area contributed by atoms with E-state index in [-0.39, 0.29) is 41.3 Å². The number of carbonyl (C=O) groups is 2. The lowest BCUT2D eigenvalue weighted by molar-refractivity contribution is -0.136. The lowest BCUT2D eigenvalue weighted by Crippen LogP contribution is -2.44. The Kier molecular flexibility index (Phi) is 6.85. The molecular formula is C21H24F4N4O4S. The summed E-state index contributed by atoms with van der Waals surface area (Å²) in [6.07, 6.45) is -7.13. The number of thiophene rings is 1. The Bertz CT molecular complexity index is 1070. The molecule has 0 aromatic carbocycles. The topological polar surface area (TPSA) is 84.0 Å². The predicted molar refractivity (Wildman–Crippen MR) is 116 cm³/mol. The molecule has 4 heterocycles. The first kappa shape index (κ1) is 24.5. The number of ether oxygens (including phenoxy) is 2. The molecule has 2 atom stereocenters. The molecule has 0 saturated carbocycles. The normalized spacial score (nSPS) is 22.2. The van der Waals surface area contributed by atoms with Gasteiger partial charge >= 0.3 is 12.3 Å². The lowest BCUT2D eigenvalue weighted by Gasteiger charge is -2.32. The van der Waals surface area contributed by atoms with Gasteiger partial charge in [-0.2, -0.15) is 13.2 Å². The minimum atomic E-state index is -4.65. The van der Waals surface area contributed by atoms with Crippen LogP contribution in [0.4, 0.5) is 22.4 Å². The van der Waals surface area contributed by atoms with Gasteiger partial charge in [-0.3, -0.25) is 9.69 Å². The summed E-state index contributed by atoms with van der Waals surface area (Å²) in [4.78, 5) is 31.8. The van der Waals surface area contributed by atoms with Gasteiger partial charge in [-0.05, 0) is 7.05 Å². The molecule has 2 amide bonds. The van der Waals surface area contributed by atoms with Crippen LogP contribution in [-0.2, 0) is 10.9 Å². The zero-order valence-electron chi connectivity index (χ0n) is 18.5. The second-order valence-corrected chi connectivity index (χ2v) is 9.26. The van der Waals surface area contributed by atoms with Crippen LogP contribution in [0.15, 0.2) is 11.4 Å². The first-order chi connectivity index (χ1) is 16.1. The number of likely N-dealkylation sites (tertiary alicyclic amines) is 2. The first-order valence-corrected chi connectivity index (χ1v) is 11.6. The number of nitrogens with zero attached hydrogens (tertiary/aromatic N) is 3. The van der Waals surface area contributed by atoms with Crippen LogP contribution < -0.4 is 10.1 Å². The molecule has 2 fully saturated rings. The Morgan fingerprint density at radius 3 is 2.53 bits per heavy atom. The van der Waals surface area contributed by atoms with E-state index < -0.39 is 42.1 Å². The van der Waals surface area contributed by atoms with Gasteiger partial charge in [-0.25, -0.2) is 14.2 Å². The van der Waals surface area contributed by atoms with E-state index in [4.69, 9.17) is 9.47 Å². The van der Waals surface area contributed by atoms with Crippen LogP contribution in [0, 0.1) is 0 Å². The van der Waals surface area contributed by atoms with Crippen molar-refractivity contribution in [3.63, 3.8) is 0 Å². The number of amides is 2. The zero-order chi connectivity index (χ0) is 24.6. The molecule has 0 spiro atoms. The van der Waals surface area contributed by atoms with Crippen molar-refractivity contribution in [3.8, 4) is 5.88 Å². The van der Waals surface area contributed by atoms with Gasteiger partial charge in [0, 0.05) is 57.5 Å². The smallest absolute Gasteiger partial charge is 0.418 e. The van der Waals surface area contributed by atoms with Crippen molar-refractivity contribution in [2.75, 3.05) is 40.3 Å². The Morgan fingerprint density at radius 1 is 1.24 bits per heavy atom. The molecule has 13 heteroatoms. The fourth-order valence-corrected chi connectivity index (χ4v) is 5.13. The number of nitrogens with one attached hydrogen (secondary N) is 1. The van der Waals surface area contributed by atoms with Gasteiger partial charge in [0.05, 0.1) is 21.3 Å². The molecule has 2 unspecified atom stereocenters. The lowest BCUT2D eigenvalue weighted by atomic mass is 10.1. The summed E-state index contributed by atoms with van der Waals surface area (Å²) in [7, 11) is 3.13. The minimum Gasteiger partial charge on any atom is -0.474 e. The summed E-state index contributed by atoms with van der Waals surface area (Å²) in [5.74, 6) is -0.779. The first-order valence-electron chi connectivity index (χ1n) is 10.7. The fraction of sp³-hybridized carbons (Fsp3) is 0.571. The molecular weight excluding hydrogens is 480 g/mol. The van der Waals surface area contributed by atoms with Crippen LogP contribution in [0.3, 0.4) is 0 Å². The van der Waals surface area contributed by atoms with Gasteiger partial charge in [0.15, 0.2) is 6.17 Å². The largest absolute Gasteiger partial charge is 0.474 e. The van der Waals surface area contributed by atoms with Crippen molar-refractivity contribution >= 4 is 33.6 Å². The molecule has 2 aromatic heterocycles. The summed E-state index contributed by atoms with van der Waals surface area (Å²) >= 11 is 0.796. The van der Waals surface area contributed by atoms with Crippen molar-refractivity contribution in [2.45, 2.75) is 37.4 Å². The van der Waals surface area contributed by atoms with Crippen molar-refractivity contribution in [3.05, 3.63) is 22.6 Å². The molecule has 34 heavy (non-hydrogen) atoms. The highest BCUT2D eigenvalue weighted by Crippen LogP contribution is 2.40. The van der Waals surface area contributed by atoms with Crippen LogP contribution in [0.5, 0.6) is 5.88 Å². The average molecular weight is 505 g/mol. The van der Waals surface area contributed by atoms with E-state index in [9.17, 15) is 27.2 Å². The molecule has 0 aliphatic carbocycles. The maximum atomic E-state index is 13.9.